The Balaban J connectivity index is 1.53. The molecular formula is C23H20FNO4. The van der Waals surface area contributed by atoms with Gasteiger partial charge in [-0.15, -0.1) is 0 Å². The molecule has 0 heterocycles. The van der Waals surface area contributed by atoms with Crippen LogP contribution in [0.2, 0.25) is 0 Å². The number of esters is 1. The summed E-state index contributed by atoms with van der Waals surface area (Å²) in [7, 11) is 0. The van der Waals surface area contributed by atoms with Crippen LogP contribution in [0.5, 0.6) is 5.75 Å². The lowest BCUT2D eigenvalue weighted by atomic mass is 9.99. The van der Waals surface area contributed by atoms with E-state index in [0.717, 1.165) is 11.1 Å². The molecule has 0 bridgehead atoms. The van der Waals surface area contributed by atoms with E-state index >= 15 is 0 Å². The molecule has 0 saturated carbocycles. The van der Waals surface area contributed by atoms with Crippen molar-refractivity contribution >= 4 is 11.9 Å². The molecule has 1 N–H and O–H groups in total. The van der Waals surface area contributed by atoms with Crippen LogP contribution in [-0.2, 0) is 14.3 Å². The van der Waals surface area contributed by atoms with Gasteiger partial charge in [-0.2, -0.15) is 0 Å². The molecule has 0 spiro atoms. The van der Waals surface area contributed by atoms with E-state index in [1.54, 1.807) is 0 Å². The number of rotatable bonds is 8. The summed E-state index contributed by atoms with van der Waals surface area (Å²) in [4.78, 5) is 24.2. The van der Waals surface area contributed by atoms with Crippen LogP contribution in [-0.4, -0.2) is 25.1 Å². The lowest BCUT2D eigenvalue weighted by molar-refractivity contribution is -0.150. The van der Waals surface area contributed by atoms with E-state index in [1.807, 2.05) is 60.7 Å². The van der Waals surface area contributed by atoms with Crippen LogP contribution in [0.4, 0.5) is 4.39 Å². The number of amides is 1. The Hall–Kier alpha value is -3.67. The van der Waals surface area contributed by atoms with Gasteiger partial charge in [-0.1, -0.05) is 60.7 Å². The SMILES string of the molecule is O=C(COC(=O)COc1ccc(F)cc1)NC(c1ccccc1)c1ccccc1. The van der Waals surface area contributed by atoms with Crippen molar-refractivity contribution < 1.29 is 23.5 Å². The number of hydrogen-bond donors (Lipinski definition) is 1. The zero-order valence-corrected chi connectivity index (χ0v) is 15.6. The lowest BCUT2D eigenvalue weighted by Crippen LogP contribution is -2.33. The van der Waals surface area contributed by atoms with Gasteiger partial charge in [0.05, 0.1) is 6.04 Å². The Labute approximate surface area is 168 Å². The number of nitrogens with one attached hydrogen (secondary N) is 1. The number of carbonyl (C=O) groups is 2. The standard InChI is InChI=1S/C23H20FNO4/c24-19-11-13-20(14-12-19)28-16-22(27)29-15-21(26)25-23(17-7-3-1-4-8-17)18-9-5-2-6-10-18/h1-14,23H,15-16H2,(H,25,26). The molecule has 0 aliphatic carbocycles. The second-order valence-corrected chi connectivity index (χ2v) is 6.23. The summed E-state index contributed by atoms with van der Waals surface area (Å²) in [6.07, 6.45) is 0. The van der Waals surface area contributed by atoms with Gasteiger partial charge in [0.2, 0.25) is 0 Å². The van der Waals surface area contributed by atoms with Crippen molar-refractivity contribution in [1.29, 1.82) is 0 Å². The predicted octanol–water partition coefficient (Wildman–Crippen LogP) is 3.65. The maximum absolute atomic E-state index is 12.9. The summed E-state index contributed by atoms with van der Waals surface area (Å²) in [5.74, 6) is -1.19. The zero-order chi connectivity index (χ0) is 20.5. The van der Waals surface area contributed by atoms with Crippen molar-refractivity contribution in [3.8, 4) is 5.75 Å². The summed E-state index contributed by atoms with van der Waals surface area (Å²) in [6.45, 7) is -0.804. The maximum Gasteiger partial charge on any atom is 0.344 e. The summed E-state index contributed by atoms with van der Waals surface area (Å²) < 4.78 is 23.0. The highest BCUT2D eigenvalue weighted by Gasteiger charge is 2.17. The number of hydrogen-bond acceptors (Lipinski definition) is 4. The minimum atomic E-state index is -0.694. The van der Waals surface area contributed by atoms with Gasteiger partial charge in [0.1, 0.15) is 11.6 Å². The molecule has 5 nitrogen and oxygen atoms in total. The molecule has 0 fully saturated rings. The first-order valence-corrected chi connectivity index (χ1v) is 9.05. The third kappa shape index (κ3) is 6.17. The van der Waals surface area contributed by atoms with E-state index in [9.17, 15) is 14.0 Å². The number of ether oxygens (including phenoxy) is 2. The van der Waals surface area contributed by atoms with Gasteiger partial charge in [0.15, 0.2) is 13.2 Å². The summed E-state index contributed by atoms with van der Waals surface area (Å²) in [5, 5.41) is 2.89. The first kappa shape index (κ1) is 20.1. The highest BCUT2D eigenvalue weighted by molar-refractivity contribution is 5.81. The minimum absolute atomic E-state index is 0.334. The molecule has 0 unspecified atom stereocenters. The van der Waals surface area contributed by atoms with Gasteiger partial charge in [0, 0.05) is 0 Å². The van der Waals surface area contributed by atoms with E-state index < -0.39 is 24.3 Å². The molecule has 0 saturated heterocycles. The average Bonchev–Trinajstić information content (AvgIpc) is 2.77. The molecule has 29 heavy (non-hydrogen) atoms. The number of halogens is 1. The molecule has 1 amide bonds. The Morgan fingerprint density at radius 2 is 1.34 bits per heavy atom. The molecule has 3 aromatic carbocycles. The highest BCUT2D eigenvalue weighted by atomic mass is 19.1. The van der Waals surface area contributed by atoms with Crippen LogP contribution in [0.15, 0.2) is 84.9 Å². The van der Waals surface area contributed by atoms with Gasteiger partial charge < -0.3 is 14.8 Å². The Bertz CT molecular complexity index is 891. The van der Waals surface area contributed by atoms with Crippen molar-refractivity contribution in [1.82, 2.24) is 5.32 Å². The van der Waals surface area contributed by atoms with E-state index in [-0.39, 0.29) is 12.6 Å². The summed E-state index contributed by atoms with van der Waals surface area (Å²) in [5.41, 5.74) is 1.83. The van der Waals surface area contributed by atoms with E-state index in [0.29, 0.717) is 5.75 Å². The third-order valence-corrected chi connectivity index (χ3v) is 4.11. The number of benzene rings is 3. The molecule has 0 aromatic heterocycles. The minimum Gasteiger partial charge on any atom is -0.482 e. The van der Waals surface area contributed by atoms with Crippen LogP contribution < -0.4 is 10.1 Å². The second-order valence-electron chi connectivity index (χ2n) is 6.23. The smallest absolute Gasteiger partial charge is 0.344 e. The van der Waals surface area contributed by atoms with E-state index in [1.165, 1.54) is 24.3 Å². The highest BCUT2D eigenvalue weighted by Crippen LogP contribution is 2.21. The molecule has 0 aliphatic rings. The van der Waals surface area contributed by atoms with Crippen molar-refractivity contribution in [3.63, 3.8) is 0 Å². The monoisotopic (exact) mass is 393 g/mol. The molecule has 3 aromatic rings. The summed E-state index contributed by atoms with van der Waals surface area (Å²) in [6, 6.07) is 23.9. The van der Waals surface area contributed by atoms with Crippen LogP contribution in [0.1, 0.15) is 17.2 Å². The Morgan fingerprint density at radius 1 is 0.793 bits per heavy atom. The van der Waals surface area contributed by atoms with Crippen molar-refractivity contribution in [3.05, 3.63) is 102 Å². The van der Waals surface area contributed by atoms with Gasteiger partial charge in [-0.25, -0.2) is 9.18 Å². The van der Waals surface area contributed by atoms with Crippen molar-refractivity contribution in [2.45, 2.75) is 6.04 Å². The van der Waals surface area contributed by atoms with Gasteiger partial charge in [0.25, 0.3) is 5.91 Å². The first-order valence-electron chi connectivity index (χ1n) is 9.05. The van der Waals surface area contributed by atoms with Gasteiger partial charge in [-0.3, -0.25) is 4.79 Å². The average molecular weight is 393 g/mol. The fourth-order valence-corrected chi connectivity index (χ4v) is 2.71. The molecule has 148 valence electrons. The van der Waals surface area contributed by atoms with Crippen LogP contribution in [0.3, 0.4) is 0 Å². The van der Waals surface area contributed by atoms with Crippen LogP contribution in [0.25, 0.3) is 0 Å². The fourth-order valence-electron chi connectivity index (χ4n) is 2.71. The largest absolute Gasteiger partial charge is 0.482 e. The van der Waals surface area contributed by atoms with Gasteiger partial charge in [-0.05, 0) is 35.4 Å². The quantitative estimate of drug-likeness (QED) is 0.594. The summed E-state index contributed by atoms with van der Waals surface area (Å²) >= 11 is 0. The molecule has 0 atom stereocenters. The number of carbonyl (C=O) groups excluding carboxylic acids is 2. The third-order valence-electron chi connectivity index (χ3n) is 4.11. The lowest BCUT2D eigenvalue weighted by Gasteiger charge is -2.20. The molecule has 0 radical (unpaired) electrons. The Morgan fingerprint density at radius 3 is 1.90 bits per heavy atom. The fraction of sp³-hybridized carbons (Fsp3) is 0.130. The van der Waals surface area contributed by atoms with Crippen LogP contribution in [0, 0.1) is 5.82 Å². The van der Waals surface area contributed by atoms with Crippen LogP contribution >= 0.6 is 0 Å². The zero-order valence-electron chi connectivity index (χ0n) is 15.6. The topological polar surface area (TPSA) is 64.6 Å². The molecule has 3 rings (SSSR count). The normalized spacial score (nSPS) is 10.4. The second kappa shape index (κ2) is 10.0. The molecule has 0 aliphatic heterocycles. The van der Waals surface area contributed by atoms with Crippen molar-refractivity contribution in [2.75, 3.05) is 13.2 Å². The Kier molecular flexibility index (Phi) is 6.95. The van der Waals surface area contributed by atoms with E-state index in [4.69, 9.17) is 9.47 Å². The molecular weight excluding hydrogens is 373 g/mol. The predicted molar refractivity (Wildman–Crippen MR) is 106 cm³/mol. The van der Waals surface area contributed by atoms with Crippen molar-refractivity contribution in [2.24, 2.45) is 0 Å². The van der Waals surface area contributed by atoms with E-state index in [2.05, 4.69) is 5.32 Å². The molecule has 6 heteroatoms. The maximum atomic E-state index is 12.9. The van der Waals surface area contributed by atoms with Gasteiger partial charge >= 0.3 is 5.97 Å². The first-order chi connectivity index (χ1) is 14.1.